The SMILES string of the molecule is O=c1ccn(-c2cnn3ccc(CN4CCN(CCc5ccccc5)CC4)cc23)c(=O)[nH]1. The minimum absolute atomic E-state index is 0.411. The van der Waals surface area contributed by atoms with Crippen LogP contribution in [0.25, 0.3) is 11.2 Å². The van der Waals surface area contributed by atoms with Crippen LogP contribution in [0.3, 0.4) is 0 Å². The number of piperazine rings is 1. The molecular weight excluding hydrogens is 404 g/mol. The van der Waals surface area contributed by atoms with Crippen molar-refractivity contribution in [1.82, 2.24) is 29.0 Å². The lowest BCUT2D eigenvalue weighted by molar-refractivity contribution is 0.128. The quantitative estimate of drug-likeness (QED) is 0.502. The van der Waals surface area contributed by atoms with Crippen LogP contribution < -0.4 is 11.2 Å². The standard InChI is InChI=1S/C24H26N6O2/c31-23-8-10-29(24(32)26-23)22-17-25-30-11-7-20(16-21(22)30)18-28-14-12-27(13-15-28)9-6-19-4-2-1-3-5-19/h1-5,7-8,10-11,16-17H,6,9,12-15,18H2,(H,26,31,32). The molecule has 1 fully saturated rings. The highest BCUT2D eigenvalue weighted by molar-refractivity contribution is 5.64. The summed E-state index contributed by atoms with van der Waals surface area (Å²) < 4.78 is 3.16. The van der Waals surface area contributed by atoms with Crippen molar-refractivity contribution in [1.29, 1.82) is 0 Å². The summed E-state index contributed by atoms with van der Waals surface area (Å²) in [6, 6.07) is 16.1. The van der Waals surface area contributed by atoms with E-state index in [0.717, 1.165) is 51.2 Å². The maximum atomic E-state index is 12.2. The Bertz CT molecular complexity index is 1320. The molecule has 4 aromatic rings. The van der Waals surface area contributed by atoms with Gasteiger partial charge in [0.15, 0.2) is 0 Å². The summed E-state index contributed by atoms with van der Waals surface area (Å²) in [6.07, 6.45) is 6.14. The Labute approximate surface area is 185 Å². The van der Waals surface area contributed by atoms with Crippen molar-refractivity contribution in [2.75, 3.05) is 32.7 Å². The molecule has 1 aliphatic heterocycles. The molecule has 0 spiro atoms. The Morgan fingerprint density at radius 1 is 0.875 bits per heavy atom. The van der Waals surface area contributed by atoms with Crippen molar-refractivity contribution in [2.45, 2.75) is 13.0 Å². The summed E-state index contributed by atoms with van der Waals surface area (Å²) in [7, 11) is 0. The fourth-order valence-electron chi connectivity index (χ4n) is 4.26. The lowest BCUT2D eigenvalue weighted by Gasteiger charge is -2.34. The number of hydrogen-bond acceptors (Lipinski definition) is 5. The highest BCUT2D eigenvalue weighted by atomic mass is 16.2. The minimum Gasteiger partial charge on any atom is -0.300 e. The molecule has 1 N–H and O–H groups in total. The number of hydrogen-bond donors (Lipinski definition) is 1. The van der Waals surface area contributed by atoms with Crippen LogP contribution in [0.15, 0.2) is 76.7 Å². The van der Waals surface area contributed by atoms with Gasteiger partial charge < -0.3 is 4.90 Å². The number of benzene rings is 1. The van der Waals surface area contributed by atoms with Gasteiger partial charge in [-0.2, -0.15) is 5.10 Å². The van der Waals surface area contributed by atoms with Gasteiger partial charge in [-0.15, -0.1) is 0 Å². The van der Waals surface area contributed by atoms with Gasteiger partial charge in [-0.3, -0.25) is 19.2 Å². The third kappa shape index (κ3) is 4.42. The van der Waals surface area contributed by atoms with Crippen LogP contribution in [0.1, 0.15) is 11.1 Å². The van der Waals surface area contributed by atoms with Crippen LogP contribution in [0, 0.1) is 0 Å². The van der Waals surface area contributed by atoms with Gasteiger partial charge in [0.1, 0.15) is 0 Å². The number of H-pyrrole nitrogens is 1. The van der Waals surface area contributed by atoms with Gasteiger partial charge >= 0.3 is 5.69 Å². The Morgan fingerprint density at radius 2 is 1.66 bits per heavy atom. The van der Waals surface area contributed by atoms with Crippen LogP contribution in [0.5, 0.6) is 0 Å². The number of aromatic nitrogens is 4. The predicted octanol–water partition coefficient (Wildman–Crippen LogP) is 1.53. The summed E-state index contributed by atoms with van der Waals surface area (Å²) in [5.74, 6) is 0. The second kappa shape index (κ2) is 8.94. The third-order valence-electron chi connectivity index (χ3n) is 6.08. The van der Waals surface area contributed by atoms with Crippen LogP contribution in [0.4, 0.5) is 0 Å². The second-order valence-electron chi connectivity index (χ2n) is 8.23. The summed E-state index contributed by atoms with van der Waals surface area (Å²) in [6.45, 7) is 6.15. The highest BCUT2D eigenvalue weighted by Gasteiger charge is 2.17. The largest absolute Gasteiger partial charge is 0.333 e. The van der Waals surface area contributed by atoms with E-state index in [9.17, 15) is 9.59 Å². The van der Waals surface area contributed by atoms with Crippen molar-refractivity contribution in [3.05, 3.63) is 99.1 Å². The lowest BCUT2D eigenvalue weighted by atomic mass is 10.1. The summed E-state index contributed by atoms with van der Waals surface area (Å²) in [4.78, 5) is 30.9. The fourth-order valence-corrected chi connectivity index (χ4v) is 4.26. The van der Waals surface area contributed by atoms with Crippen LogP contribution >= 0.6 is 0 Å². The predicted molar refractivity (Wildman–Crippen MR) is 123 cm³/mol. The number of pyridine rings is 1. The molecule has 0 aliphatic carbocycles. The van der Waals surface area contributed by atoms with Crippen molar-refractivity contribution < 1.29 is 0 Å². The van der Waals surface area contributed by atoms with E-state index in [0.29, 0.717) is 5.69 Å². The Balaban J connectivity index is 1.24. The first-order chi connectivity index (χ1) is 15.7. The first-order valence-corrected chi connectivity index (χ1v) is 10.9. The highest BCUT2D eigenvalue weighted by Crippen LogP contribution is 2.17. The molecule has 5 rings (SSSR count). The molecular formula is C24H26N6O2. The van der Waals surface area contributed by atoms with Gasteiger partial charge in [0.25, 0.3) is 5.56 Å². The number of rotatable bonds is 6. The number of aromatic amines is 1. The zero-order valence-electron chi connectivity index (χ0n) is 17.9. The summed E-state index contributed by atoms with van der Waals surface area (Å²) in [5.41, 5.74) is 3.17. The van der Waals surface area contributed by atoms with Crippen LogP contribution in [0.2, 0.25) is 0 Å². The molecule has 0 radical (unpaired) electrons. The molecule has 0 unspecified atom stereocenters. The molecule has 3 aromatic heterocycles. The van der Waals surface area contributed by atoms with Gasteiger partial charge in [-0.05, 0) is 29.7 Å². The van der Waals surface area contributed by atoms with Gasteiger partial charge in [0, 0.05) is 57.7 Å². The molecule has 1 aromatic carbocycles. The topological polar surface area (TPSA) is 78.6 Å². The Morgan fingerprint density at radius 3 is 2.44 bits per heavy atom. The van der Waals surface area contributed by atoms with Gasteiger partial charge in [-0.25, -0.2) is 9.31 Å². The van der Waals surface area contributed by atoms with E-state index < -0.39 is 11.2 Å². The first kappa shape index (κ1) is 20.4. The fraction of sp³-hybridized carbons (Fsp3) is 0.292. The first-order valence-electron chi connectivity index (χ1n) is 10.9. The average Bonchev–Trinajstić information content (AvgIpc) is 3.22. The van der Waals surface area contributed by atoms with Gasteiger partial charge in [0.2, 0.25) is 0 Å². The summed E-state index contributed by atoms with van der Waals surface area (Å²) >= 11 is 0. The smallest absolute Gasteiger partial charge is 0.300 e. The molecule has 0 amide bonds. The molecule has 0 bridgehead atoms. The monoisotopic (exact) mass is 430 g/mol. The van der Waals surface area contributed by atoms with E-state index in [1.807, 2.05) is 6.20 Å². The van der Waals surface area contributed by atoms with E-state index in [1.54, 1.807) is 10.7 Å². The van der Waals surface area contributed by atoms with E-state index in [4.69, 9.17) is 0 Å². The van der Waals surface area contributed by atoms with E-state index >= 15 is 0 Å². The van der Waals surface area contributed by atoms with Crippen LogP contribution in [-0.4, -0.2) is 61.7 Å². The molecule has 1 aliphatic rings. The van der Waals surface area contributed by atoms with E-state index in [-0.39, 0.29) is 0 Å². The van der Waals surface area contributed by atoms with Gasteiger partial charge in [-0.1, -0.05) is 30.3 Å². The van der Waals surface area contributed by atoms with Crippen LogP contribution in [-0.2, 0) is 13.0 Å². The maximum Gasteiger partial charge on any atom is 0.333 e. The maximum absolute atomic E-state index is 12.2. The molecule has 0 atom stereocenters. The molecule has 4 heterocycles. The van der Waals surface area contributed by atoms with Gasteiger partial charge in [0.05, 0.1) is 17.4 Å². The normalized spacial score (nSPS) is 15.4. The molecule has 8 heteroatoms. The van der Waals surface area contributed by atoms with Crippen molar-refractivity contribution in [2.24, 2.45) is 0 Å². The van der Waals surface area contributed by atoms with Crippen molar-refractivity contribution in [3.63, 3.8) is 0 Å². The minimum atomic E-state index is -0.468. The van der Waals surface area contributed by atoms with E-state index in [1.165, 1.54) is 28.0 Å². The zero-order chi connectivity index (χ0) is 21.9. The summed E-state index contributed by atoms with van der Waals surface area (Å²) in [5, 5.41) is 4.35. The molecule has 0 saturated carbocycles. The Kier molecular flexibility index (Phi) is 5.70. The molecule has 32 heavy (non-hydrogen) atoms. The molecule has 1 saturated heterocycles. The van der Waals surface area contributed by atoms with E-state index in [2.05, 4.69) is 62.3 Å². The van der Waals surface area contributed by atoms with Crippen molar-refractivity contribution in [3.8, 4) is 5.69 Å². The lowest BCUT2D eigenvalue weighted by Crippen LogP contribution is -2.46. The molecule has 164 valence electrons. The average molecular weight is 431 g/mol. The number of nitrogens with one attached hydrogen (secondary N) is 1. The Hall–Kier alpha value is -3.49. The molecule has 8 nitrogen and oxygen atoms in total. The second-order valence-corrected chi connectivity index (χ2v) is 8.23. The zero-order valence-corrected chi connectivity index (χ0v) is 17.9. The number of nitrogens with zero attached hydrogens (tertiary/aromatic N) is 5. The third-order valence-corrected chi connectivity index (χ3v) is 6.08. The number of fused-ring (bicyclic) bond motifs is 1. The van der Waals surface area contributed by atoms with Crippen molar-refractivity contribution >= 4 is 5.52 Å².